The summed E-state index contributed by atoms with van der Waals surface area (Å²) >= 11 is 0. The molecule has 6 nitrogen and oxygen atoms in total. The molecule has 0 atom stereocenters. The van der Waals surface area contributed by atoms with Gasteiger partial charge in [-0.05, 0) is 69.5 Å². The van der Waals surface area contributed by atoms with Gasteiger partial charge in [-0.25, -0.2) is 0 Å². The van der Waals surface area contributed by atoms with Crippen molar-refractivity contribution in [2.45, 2.75) is 64.3 Å². The molecular weight excluding hydrogens is 451 g/mol. The minimum atomic E-state index is -4.76. The SMILES string of the molecule is CCc1ccc(Oc2ccc([N+](C)=O)c(C(F)(F)F)c2)cc1C1C(=O)C(C)(C)OC(C)(C)C1=O. The number of nitrogens with zero attached hydrogens (tertiary/aromatic N) is 1. The Morgan fingerprint density at radius 3 is 2.00 bits per heavy atom. The van der Waals surface area contributed by atoms with E-state index in [0.717, 1.165) is 24.7 Å². The fourth-order valence-corrected chi connectivity index (χ4v) is 4.28. The maximum absolute atomic E-state index is 13.5. The Morgan fingerprint density at radius 2 is 1.50 bits per heavy atom. The average Bonchev–Trinajstić information content (AvgIpc) is 2.71. The highest BCUT2D eigenvalue weighted by Gasteiger charge is 2.53. The number of ketones is 2. The van der Waals surface area contributed by atoms with Crippen LogP contribution in [0.5, 0.6) is 11.5 Å². The van der Waals surface area contributed by atoms with Crippen LogP contribution in [0.25, 0.3) is 0 Å². The van der Waals surface area contributed by atoms with E-state index in [9.17, 15) is 27.7 Å². The third-order valence-corrected chi connectivity index (χ3v) is 5.88. The lowest BCUT2D eigenvalue weighted by Crippen LogP contribution is -2.58. The fourth-order valence-electron chi connectivity index (χ4n) is 4.28. The predicted molar refractivity (Wildman–Crippen MR) is 119 cm³/mol. The Bertz CT molecular complexity index is 1140. The van der Waals surface area contributed by atoms with Crippen molar-refractivity contribution in [3.8, 4) is 11.5 Å². The smallest absolute Gasteiger partial charge is 0.423 e. The number of aryl methyl sites for hydroxylation is 1. The summed E-state index contributed by atoms with van der Waals surface area (Å²) in [5.74, 6) is -1.87. The number of nitroso groups, excluding NO2 is 1. The third kappa shape index (κ3) is 4.75. The van der Waals surface area contributed by atoms with Crippen molar-refractivity contribution in [3.05, 3.63) is 58.0 Å². The first-order valence-electron chi connectivity index (χ1n) is 10.8. The molecule has 0 saturated carbocycles. The molecule has 0 spiro atoms. The van der Waals surface area contributed by atoms with E-state index in [-0.39, 0.29) is 16.3 Å². The highest BCUT2D eigenvalue weighted by atomic mass is 19.4. The van der Waals surface area contributed by atoms with Crippen molar-refractivity contribution >= 4 is 17.3 Å². The molecule has 0 bridgehead atoms. The van der Waals surface area contributed by atoms with Crippen LogP contribution < -0.4 is 4.74 Å². The fraction of sp³-hybridized carbons (Fsp3) is 0.440. The van der Waals surface area contributed by atoms with Gasteiger partial charge in [-0.3, -0.25) is 9.59 Å². The van der Waals surface area contributed by atoms with Gasteiger partial charge in [0.25, 0.3) is 5.69 Å². The Kier molecular flexibility index (Phi) is 6.47. The summed E-state index contributed by atoms with van der Waals surface area (Å²) in [5, 5.41) is 0. The minimum absolute atomic E-state index is 0.132. The molecule has 182 valence electrons. The molecule has 1 aliphatic rings. The number of benzene rings is 2. The lowest BCUT2D eigenvalue weighted by atomic mass is 9.73. The first-order chi connectivity index (χ1) is 15.6. The zero-order valence-corrected chi connectivity index (χ0v) is 19.9. The lowest BCUT2D eigenvalue weighted by molar-refractivity contribution is -0.430. The molecule has 0 aliphatic carbocycles. The Morgan fingerprint density at radius 1 is 0.971 bits per heavy atom. The van der Waals surface area contributed by atoms with Crippen molar-refractivity contribution in [1.82, 2.24) is 0 Å². The first kappa shape index (κ1) is 25.6. The quantitative estimate of drug-likeness (QED) is 0.395. The van der Waals surface area contributed by atoms with Crippen LogP contribution in [0, 0.1) is 4.91 Å². The maximum atomic E-state index is 13.5. The van der Waals surface area contributed by atoms with Gasteiger partial charge in [0.1, 0.15) is 34.2 Å². The molecule has 1 saturated heterocycles. The van der Waals surface area contributed by atoms with E-state index < -0.39 is 46.1 Å². The third-order valence-electron chi connectivity index (χ3n) is 5.88. The number of halogens is 3. The van der Waals surface area contributed by atoms with E-state index in [1.165, 1.54) is 12.1 Å². The molecule has 0 amide bonds. The van der Waals surface area contributed by atoms with E-state index in [0.29, 0.717) is 12.0 Å². The van der Waals surface area contributed by atoms with E-state index >= 15 is 0 Å². The number of ether oxygens (including phenoxy) is 2. The van der Waals surface area contributed by atoms with Crippen LogP contribution in [0.4, 0.5) is 18.9 Å². The van der Waals surface area contributed by atoms with Crippen molar-refractivity contribution in [1.29, 1.82) is 0 Å². The van der Waals surface area contributed by atoms with Gasteiger partial charge in [-0.15, -0.1) is 0 Å². The largest absolute Gasteiger partial charge is 0.457 e. The summed E-state index contributed by atoms with van der Waals surface area (Å²) in [4.78, 5) is 37.9. The summed E-state index contributed by atoms with van der Waals surface area (Å²) in [5.41, 5.74) is -2.90. The van der Waals surface area contributed by atoms with Crippen LogP contribution in [-0.2, 0) is 26.9 Å². The van der Waals surface area contributed by atoms with E-state index in [1.54, 1.807) is 39.8 Å². The normalized spacial score (nSPS) is 18.1. The molecule has 0 unspecified atom stereocenters. The second kappa shape index (κ2) is 8.61. The van der Waals surface area contributed by atoms with Crippen LogP contribution in [0.15, 0.2) is 36.4 Å². The van der Waals surface area contributed by atoms with Gasteiger partial charge in [0.05, 0.1) is 0 Å². The average molecular weight is 478 g/mol. The maximum Gasteiger partial charge on any atom is 0.423 e. The lowest BCUT2D eigenvalue weighted by Gasteiger charge is -2.43. The zero-order chi connectivity index (χ0) is 25.6. The molecule has 3 rings (SSSR count). The molecule has 1 fully saturated rings. The van der Waals surface area contributed by atoms with Crippen LogP contribution >= 0.6 is 0 Å². The highest BCUT2D eigenvalue weighted by molar-refractivity contribution is 6.15. The number of hydrogen-bond donors (Lipinski definition) is 0. The first-order valence-corrected chi connectivity index (χ1v) is 10.8. The van der Waals surface area contributed by atoms with Gasteiger partial charge in [-0.2, -0.15) is 13.2 Å². The molecule has 0 N–H and O–H groups in total. The van der Waals surface area contributed by atoms with Crippen LogP contribution in [0.3, 0.4) is 0 Å². The summed E-state index contributed by atoms with van der Waals surface area (Å²) in [6.07, 6.45) is -4.24. The van der Waals surface area contributed by atoms with Gasteiger partial charge in [0, 0.05) is 15.7 Å². The summed E-state index contributed by atoms with van der Waals surface area (Å²) in [6.45, 7) is 8.30. The van der Waals surface area contributed by atoms with Crippen molar-refractivity contribution in [2.24, 2.45) is 0 Å². The monoisotopic (exact) mass is 478 g/mol. The molecule has 2 aromatic carbocycles. The Hall–Kier alpha value is -3.07. The van der Waals surface area contributed by atoms with Gasteiger partial charge >= 0.3 is 6.18 Å². The molecular formula is C25H27F3NO5+. The highest BCUT2D eigenvalue weighted by Crippen LogP contribution is 2.42. The molecule has 1 aliphatic heterocycles. The van der Waals surface area contributed by atoms with Crippen molar-refractivity contribution in [2.75, 3.05) is 7.05 Å². The number of hydrogen-bond acceptors (Lipinski definition) is 5. The van der Waals surface area contributed by atoms with Crippen LogP contribution in [-0.4, -0.2) is 34.6 Å². The molecule has 9 heteroatoms. The van der Waals surface area contributed by atoms with Gasteiger partial charge in [-0.1, -0.05) is 13.0 Å². The minimum Gasteiger partial charge on any atom is -0.457 e. The number of alkyl halides is 3. The number of carbonyl (C=O) groups is 2. The number of carbonyl (C=O) groups excluding carboxylic acids is 2. The number of rotatable bonds is 5. The topological polar surface area (TPSA) is 72.7 Å². The van der Waals surface area contributed by atoms with Crippen LogP contribution in [0.2, 0.25) is 0 Å². The number of Topliss-reactive ketones (excluding diaryl/α,β-unsaturated/α-hetero) is 2. The van der Waals surface area contributed by atoms with E-state index in [1.807, 2.05) is 6.92 Å². The van der Waals surface area contributed by atoms with Crippen LogP contribution in [0.1, 0.15) is 57.2 Å². The van der Waals surface area contributed by atoms with Gasteiger partial charge in [0.2, 0.25) is 0 Å². The van der Waals surface area contributed by atoms with Gasteiger partial charge in [0.15, 0.2) is 18.6 Å². The molecule has 1 heterocycles. The second-order valence-corrected chi connectivity index (χ2v) is 9.27. The Balaban J connectivity index is 2.07. The van der Waals surface area contributed by atoms with E-state index in [2.05, 4.69) is 0 Å². The van der Waals surface area contributed by atoms with Crippen molar-refractivity contribution in [3.63, 3.8) is 0 Å². The van der Waals surface area contributed by atoms with E-state index in [4.69, 9.17) is 9.47 Å². The predicted octanol–water partition coefficient (Wildman–Crippen LogP) is 5.91. The summed E-state index contributed by atoms with van der Waals surface area (Å²) in [6, 6.07) is 7.79. The molecule has 34 heavy (non-hydrogen) atoms. The molecule has 2 aromatic rings. The molecule has 0 aromatic heterocycles. The second-order valence-electron chi connectivity index (χ2n) is 9.27. The summed E-state index contributed by atoms with van der Waals surface area (Å²) < 4.78 is 51.9. The summed E-state index contributed by atoms with van der Waals surface area (Å²) in [7, 11) is 0.978. The Labute approximate surface area is 195 Å². The molecule has 0 radical (unpaired) electrons. The zero-order valence-electron chi connectivity index (χ0n) is 19.9. The van der Waals surface area contributed by atoms with Gasteiger partial charge < -0.3 is 9.47 Å². The van der Waals surface area contributed by atoms with Crippen molar-refractivity contribution < 1.29 is 37.0 Å². The standard InChI is InChI=1S/C25H27F3NO5/c1-7-14-8-9-15(33-16-10-11-19(29(6)32)18(13-16)25(26,27)28)12-17(14)20-21(30)23(2,3)34-24(4,5)22(20)31/h8-13,20H,7H2,1-6H3/q+1.